The number of esters is 1. The topological polar surface area (TPSA) is 103 Å². The van der Waals surface area contributed by atoms with E-state index in [1.54, 1.807) is 51.6 Å². The zero-order chi connectivity index (χ0) is 26.9. The van der Waals surface area contributed by atoms with E-state index in [0.29, 0.717) is 40.7 Å². The first kappa shape index (κ1) is 26.0. The van der Waals surface area contributed by atoms with Gasteiger partial charge in [0, 0.05) is 17.3 Å². The van der Waals surface area contributed by atoms with E-state index in [4.69, 9.17) is 23.4 Å². The Morgan fingerprint density at radius 2 is 1.47 bits per heavy atom. The molecule has 0 aliphatic heterocycles. The summed E-state index contributed by atoms with van der Waals surface area (Å²) >= 11 is 0. The maximum absolute atomic E-state index is 11.5. The Kier molecular flexibility index (Phi) is 8.42. The molecule has 0 saturated heterocycles. The first-order chi connectivity index (χ1) is 18.6. The fourth-order valence-corrected chi connectivity index (χ4v) is 3.72. The van der Waals surface area contributed by atoms with Gasteiger partial charge in [-0.15, -0.1) is 0 Å². The molecule has 0 aliphatic rings. The number of ether oxygens (including phenoxy) is 4. The Balaban J connectivity index is 1.67. The molecule has 38 heavy (non-hydrogen) atoms. The van der Waals surface area contributed by atoms with Gasteiger partial charge in [-0.1, -0.05) is 12.1 Å². The summed E-state index contributed by atoms with van der Waals surface area (Å²) in [7, 11) is 3.20. The molecule has 4 rings (SSSR count). The van der Waals surface area contributed by atoms with Crippen LogP contribution in [0.15, 0.2) is 82.2 Å². The van der Waals surface area contributed by atoms with Crippen LogP contribution in [0.1, 0.15) is 18.1 Å². The highest BCUT2D eigenvalue weighted by Gasteiger charge is 2.23. The minimum Gasteiger partial charge on any atom is -0.497 e. The largest absolute Gasteiger partial charge is 0.497 e. The van der Waals surface area contributed by atoms with E-state index in [1.807, 2.05) is 48.5 Å². The van der Waals surface area contributed by atoms with Crippen molar-refractivity contribution in [1.29, 1.82) is 5.26 Å². The fraction of sp³-hybridized carbons (Fsp3) is 0.167. The molecule has 1 aromatic heterocycles. The number of furan rings is 1. The summed E-state index contributed by atoms with van der Waals surface area (Å²) in [5.41, 5.74) is 3.27. The summed E-state index contributed by atoms with van der Waals surface area (Å²) < 4.78 is 27.0. The molecule has 0 radical (unpaired) electrons. The van der Waals surface area contributed by atoms with Gasteiger partial charge < -0.3 is 23.4 Å². The van der Waals surface area contributed by atoms with E-state index in [1.165, 1.54) is 0 Å². The van der Waals surface area contributed by atoms with Gasteiger partial charge in [0.15, 0.2) is 6.61 Å². The number of hydrogen-bond donors (Lipinski definition) is 0. The maximum atomic E-state index is 11.5. The second-order valence-corrected chi connectivity index (χ2v) is 7.98. The van der Waals surface area contributed by atoms with Crippen LogP contribution in [-0.2, 0) is 9.53 Å². The molecule has 0 N–H and O–H groups in total. The average Bonchev–Trinajstić information content (AvgIpc) is 3.34. The summed E-state index contributed by atoms with van der Waals surface area (Å²) in [5.74, 6) is 2.21. The number of aliphatic imine (C=N–C) groups is 1. The fourth-order valence-electron chi connectivity index (χ4n) is 3.72. The molecule has 3 aromatic carbocycles. The van der Waals surface area contributed by atoms with Crippen LogP contribution in [0.3, 0.4) is 0 Å². The van der Waals surface area contributed by atoms with Crippen molar-refractivity contribution in [3.05, 3.63) is 83.9 Å². The van der Waals surface area contributed by atoms with Gasteiger partial charge in [0.1, 0.15) is 34.6 Å². The summed E-state index contributed by atoms with van der Waals surface area (Å²) in [6.07, 6.45) is 1.60. The summed E-state index contributed by atoms with van der Waals surface area (Å²) in [5, 5.41) is 10.1. The average molecular weight is 511 g/mol. The normalized spacial score (nSPS) is 10.7. The smallest absolute Gasteiger partial charge is 0.344 e. The molecule has 192 valence electrons. The molecule has 1 heterocycles. The van der Waals surface area contributed by atoms with E-state index in [-0.39, 0.29) is 12.5 Å². The van der Waals surface area contributed by atoms with E-state index < -0.39 is 5.97 Å². The van der Waals surface area contributed by atoms with E-state index >= 15 is 0 Å². The number of hydrogen-bond acceptors (Lipinski definition) is 8. The molecule has 4 aromatic rings. The Morgan fingerprint density at radius 1 is 0.895 bits per heavy atom. The summed E-state index contributed by atoms with van der Waals surface area (Å²) in [4.78, 5) is 16.0. The predicted octanol–water partition coefficient (Wildman–Crippen LogP) is 6.19. The van der Waals surface area contributed by atoms with Crippen LogP contribution < -0.4 is 14.2 Å². The lowest BCUT2D eigenvalue weighted by atomic mass is 9.98. The van der Waals surface area contributed by atoms with Gasteiger partial charge in [-0.05, 0) is 78.7 Å². The van der Waals surface area contributed by atoms with Crippen molar-refractivity contribution in [3.63, 3.8) is 0 Å². The number of carbonyl (C=O) groups is 1. The molecule has 8 heteroatoms. The molecule has 0 spiro atoms. The lowest BCUT2D eigenvalue weighted by molar-refractivity contribution is -0.145. The SMILES string of the molecule is CCOC(=O)COc1ccc(/C=N/c2oc(-c3ccc(OC)cc3)c(-c3ccc(OC)cc3)c2C#N)cc1. The molecule has 0 bridgehead atoms. The Bertz CT molecular complexity index is 1450. The van der Waals surface area contributed by atoms with Gasteiger partial charge >= 0.3 is 5.97 Å². The number of nitriles is 1. The quantitative estimate of drug-likeness (QED) is 0.185. The minimum absolute atomic E-state index is 0.165. The monoisotopic (exact) mass is 510 g/mol. The third kappa shape index (κ3) is 6.02. The van der Waals surface area contributed by atoms with E-state index in [0.717, 1.165) is 16.7 Å². The van der Waals surface area contributed by atoms with E-state index in [2.05, 4.69) is 11.1 Å². The standard InChI is InChI=1S/C30H26N2O6/c1-4-36-27(33)19-37-25-11-5-20(6-12-25)18-32-30-26(17-31)28(21-7-13-23(34-2)14-8-21)29(38-30)22-9-15-24(35-3)16-10-22/h5-16,18H,4,19H2,1-3H3/b32-18+. The predicted molar refractivity (Wildman–Crippen MR) is 143 cm³/mol. The van der Waals surface area contributed by atoms with Crippen LogP contribution in [0.4, 0.5) is 5.88 Å². The van der Waals surface area contributed by atoms with Crippen molar-refractivity contribution >= 4 is 18.1 Å². The van der Waals surface area contributed by atoms with Gasteiger partial charge in [0.25, 0.3) is 0 Å². The molecule has 8 nitrogen and oxygen atoms in total. The van der Waals surface area contributed by atoms with E-state index in [9.17, 15) is 10.1 Å². The summed E-state index contributed by atoms with van der Waals surface area (Å²) in [6, 6.07) is 24.1. The minimum atomic E-state index is -0.430. The third-order valence-electron chi connectivity index (χ3n) is 5.61. The Labute approximate surface area is 220 Å². The van der Waals surface area contributed by atoms with Crippen LogP contribution in [0, 0.1) is 11.3 Å². The van der Waals surface area contributed by atoms with Crippen LogP contribution in [0.2, 0.25) is 0 Å². The van der Waals surface area contributed by atoms with Crippen molar-refractivity contribution in [3.8, 4) is 45.8 Å². The van der Waals surface area contributed by atoms with Crippen LogP contribution >= 0.6 is 0 Å². The van der Waals surface area contributed by atoms with Crippen molar-refractivity contribution in [2.75, 3.05) is 27.4 Å². The second-order valence-electron chi connectivity index (χ2n) is 7.98. The molecule has 0 aliphatic carbocycles. The number of rotatable bonds is 10. The highest BCUT2D eigenvalue weighted by molar-refractivity contribution is 5.90. The van der Waals surface area contributed by atoms with Crippen molar-refractivity contribution < 1.29 is 28.2 Å². The molecule has 0 amide bonds. The number of methoxy groups -OCH3 is 2. The van der Waals surface area contributed by atoms with Crippen LogP contribution in [0.25, 0.3) is 22.5 Å². The third-order valence-corrected chi connectivity index (χ3v) is 5.61. The van der Waals surface area contributed by atoms with Crippen molar-refractivity contribution in [2.45, 2.75) is 6.92 Å². The highest BCUT2D eigenvalue weighted by atomic mass is 16.6. The molecular formula is C30H26N2O6. The first-order valence-electron chi connectivity index (χ1n) is 11.8. The molecule has 0 fully saturated rings. The van der Waals surface area contributed by atoms with Gasteiger partial charge in [-0.3, -0.25) is 0 Å². The van der Waals surface area contributed by atoms with Crippen molar-refractivity contribution in [2.24, 2.45) is 4.99 Å². The molecule has 0 atom stereocenters. The van der Waals surface area contributed by atoms with Crippen LogP contribution in [-0.4, -0.2) is 39.6 Å². The number of nitrogens with zero attached hydrogens (tertiary/aromatic N) is 2. The summed E-state index contributed by atoms with van der Waals surface area (Å²) in [6.45, 7) is 1.87. The zero-order valence-electron chi connectivity index (χ0n) is 21.3. The highest BCUT2D eigenvalue weighted by Crippen LogP contribution is 2.43. The number of benzene rings is 3. The van der Waals surface area contributed by atoms with Gasteiger partial charge in [0.2, 0.25) is 5.88 Å². The first-order valence-corrected chi connectivity index (χ1v) is 11.8. The van der Waals surface area contributed by atoms with Crippen molar-refractivity contribution in [1.82, 2.24) is 0 Å². The number of carbonyl (C=O) groups excluding carboxylic acids is 1. The lowest BCUT2D eigenvalue weighted by Gasteiger charge is -2.06. The van der Waals surface area contributed by atoms with Crippen LogP contribution in [0.5, 0.6) is 17.2 Å². The Hall–Kier alpha value is -5.03. The maximum Gasteiger partial charge on any atom is 0.344 e. The zero-order valence-corrected chi connectivity index (χ0v) is 21.3. The molecule has 0 unspecified atom stereocenters. The van der Waals surface area contributed by atoms with Gasteiger partial charge in [-0.2, -0.15) is 5.26 Å². The second kappa shape index (κ2) is 12.3. The molecule has 0 saturated carbocycles. The van der Waals surface area contributed by atoms with Gasteiger partial charge in [0.05, 0.1) is 20.8 Å². The lowest BCUT2D eigenvalue weighted by Crippen LogP contribution is -2.14. The Morgan fingerprint density at radius 3 is 2.03 bits per heavy atom. The molecular weight excluding hydrogens is 484 g/mol. The van der Waals surface area contributed by atoms with Gasteiger partial charge in [-0.25, -0.2) is 9.79 Å².